The number of hydrogen-bond acceptors (Lipinski definition) is 11. The van der Waals surface area contributed by atoms with Crippen molar-refractivity contribution in [3.8, 4) is 11.5 Å². The Hall–Kier alpha value is -4.48. The van der Waals surface area contributed by atoms with E-state index >= 15 is 0 Å². The molecule has 11 heteroatoms. The molecule has 0 bridgehead atoms. The number of para-hydroxylation sites is 4. The quantitative estimate of drug-likeness (QED) is 0.133. The largest absolute Gasteiger partial charge is 0.492 e. The minimum absolute atomic E-state index is 0.124. The number of nitrogens with one attached hydrogen (secondary N) is 1. The molecule has 3 N–H and O–H groups in total. The van der Waals surface area contributed by atoms with Crippen LogP contribution in [-0.2, 0) is 6.54 Å². The molecule has 3 aromatic carbocycles. The molecule has 11 nitrogen and oxygen atoms in total. The lowest BCUT2D eigenvalue weighted by molar-refractivity contribution is 0.193. The van der Waals surface area contributed by atoms with Gasteiger partial charge in [-0.2, -0.15) is 9.97 Å². The molecule has 242 valence electrons. The van der Waals surface area contributed by atoms with Gasteiger partial charge in [-0.05, 0) is 94.6 Å². The first-order chi connectivity index (χ1) is 22.6. The average molecular weight is 626 g/mol. The van der Waals surface area contributed by atoms with Crippen LogP contribution < -0.4 is 30.5 Å². The first-order valence-corrected chi connectivity index (χ1v) is 16.5. The van der Waals surface area contributed by atoms with Gasteiger partial charge in [-0.15, -0.1) is 0 Å². The molecule has 0 radical (unpaired) electrons. The molecular weight excluding hydrogens is 582 g/mol. The van der Waals surface area contributed by atoms with Gasteiger partial charge < -0.3 is 29.4 Å². The number of benzene rings is 3. The van der Waals surface area contributed by atoms with Crippen LogP contribution in [0.15, 0.2) is 69.5 Å². The standard InChI is InChI=1S/C35H43N7O4/c1-3-43-31-21-24(22-32(33(31)36)44-4-2)23-40-19-15-26(16-20-40)42(35-39-28-10-6-8-12-30(28)46-35)41(25-13-17-37-18-14-25)34-38-27-9-5-7-11-29(27)45-34/h5-12,21-22,25-26,37H,3-4,13-20,23,36H2,1-2H3. The highest BCUT2D eigenvalue weighted by Gasteiger charge is 2.38. The molecule has 0 unspecified atom stereocenters. The second kappa shape index (κ2) is 13.5. The number of hydrazine groups is 1. The number of nitrogens with zero attached hydrogens (tertiary/aromatic N) is 5. The summed E-state index contributed by atoms with van der Waals surface area (Å²) >= 11 is 0. The second-order valence-corrected chi connectivity index (χ2v) is 12.0. The fraction of sp³-hybridized carbons (Fsp3) is 0.429. The molecule has 4 heterocycles. The monoisotopic (exact) mass is 625 g/mol. The maximum Gasteiger partial charge on any atom is 0.318 e. The number of aromatic nitrogens is 2. The van der Waals surface area contributed by atoms with E-state index in [0.29, 0.717) is 42.4 Å². The molecule has 2 aliphatic rings. The van der Waals surface area contributed by atoms with Crippen LogP contribution in [0.2, 0.25) is 0 Å². The number of ether oxygens (including phenoxy) is 2. The Morgan fingerprint density at radius 2 is 1.28 bits per heavy atom. The normalized spacial score (nSPS) is 16.7. The van der Waals surface area contributed by atoms with E-state index in [9.17, 15) is 0 Å². The van der Waals surface area contributed by atoms with Crippen molar-refractivity contribution in [2.45, 2.75) is 58.2 Å². The summed E-state index contributed by atoms with van der Waals surface area (Å²) in [5, 5.41) is 8.01. The molecule has 0 spiro atoms. The van der Waals surface area contributed by atoms with Crippen molar-refractivity contribution in [2.24, 2.45) is 0 Å². The van der Waals surface area contributed by atoms with Crippen molar-refractivity contribution in [1.82, 2.24) is 20.2 Å². The van der Waals surface area contributed by atoms with Crippen LogP contribution in [0.5, 0.6) is 11.5 Å². The molecule has 46 heavy (non-hydrogen) atoms. The summed E-state index contributed by atoms with van der Waals surface area (Å²) in [6.45, 7) is 9.45. The number of likely N-dealkylation sites (tertiary alicyclic amines) is 1. The minimum atomic E-state index is 0.124. The van der Waals surface area contributed by atoms with E-state index in [1.165, 1.54) is 0 Å². The Kier molecular flexibility index (Phi) is 8.85. The number of piperidine rings is 2. The van der Waals surface area contributed by atoms with Crippen molar-refractivity contribution >= 4 is 39.9 Å². The molecule has 0 atom stereocenters. The molecule has 0 amide bonds. The van der Waals surface area contributed by atoms with Crippen LogP contribution in [0.4, 0.5) is 17.7 Å². The van der Waals surface area contributed by atoms with Gasteiger partial charge in [-0.3, -0.25) is 4.90 Å². The Labute approximate surface area is 269 Å². The van der Waals surface area contributed by atoms with Crippen molar-refractivity contribution in [2.75, 3.05) is 55.1 Å². The summed E-state index contributed by atoms with van der Waals surface area (Å²) in [4.78, 5) is 12.5. The maximum atomic E-state index is 6.49. The molecule has 2 fully saturated rings. The van der Waals surface area contributed by atoms with E-state index in [-0.39, 0.29) is 12.1 Å². The lowest BCUT2D eigenvalue weighted by Crippen LogP contribution is -2.59. The molecule has 0 aliphatic carbocycles. The van der Waals surface area contributed by atoms with E-state index in [1.54, 1.807) is 0 Å². The van der Waals surface area contributed by atoms with Crippen LogP contribution in [0.1, 0.15) is 45.1 Å². The van der Waals surface area contributed by atoms with Crippen LogP contribution in [-0.4, -0.2) is 66.3 Å². The average Bonchev–Trinajstić information content (AvgIpc) is 3.71. The Morgan fingerprint density at radius 1 is 0.783 bits per heavy atom. The SMILES string of the molecule is CCOc1cc(CN2CCC(N(c3nc4ccccc4o3)N(c3nc4ccccc4o3)C3CCNCC3)CC2)cc(OCC)c1N. The summed E-state index contributed by atoms with van der Waals surface area (Å²) < 4.78 is 24.7. The van der Waals surface area contributed by atoms with Crippen molar-refractivity contribution < 1.29 is 18.3 Å². The van der Waals surface area contributed by atoms with Crippen LogP contribution in [0.25, 0.3) is 22.2 Å². The summed E-state index contributed by atoms with van der Waals surface area (Å²) in [5.41, 5.74) is 11.2. The Bertz CT molecular complexity index is 1660. The van der Waals surface area contributed by atoms with Crippen molar-refractivity contribution in [3.63, 3.8) is 0 Å². The number of anilines is 3. The lowest BCUT2D eigenvalue weighted by Gasteiger charge is -2.46. The van der Waals surface area contributed by atoms with E-state index in [4.69, 9.17) is 34.0 Å². The summed E-state index contributed by atoms with van der Waals surface area (Å²) in [5.74, 6) is 1.35. The van der Waals surface area contributed by atoms with Gasteiger partial charge in [0, 0.05) is 19.6 Å². The van der Waals surface area contributed by atoms with Gasteiger partial charge in [0.2, 0.25) is 0 Å². The van der Waals surface area contributed by atoms with Crippen LogP contribution in [0, 0.1) is 0 Å². The second-order valence-electron chi connectivity index (χ2n) is 12.0. The van der Waals surface area contributed by atoms with Gasteiger partial charge in [0.05, 0.1) is 25.3 Å². The third-order valence-corrected chi connectivity index (χ3v) is 8.92. The lowest BCUT2D eigenvalue weighted by atomic mass is 10.0. The minimum Gasteiger partial charge on any atom is -0.492 e. The number of fused-ring (bicyclic) bond motifs is 2. The van der Waals surface area contributed by atoms with E-state index in [2.05, 4.69) is 20.2 Å². The predicted molar refractivity (Wildman–Crippen MR) is 180 cm³/mol. The first-order valence-electron chi connectivity index (χ1n) is 16.5. The zero-order chi connectivity index (χ0) is 31.5. The Morgan fingerprint density at radius 3 is 1.78 bits per heavy atom. The summed E-state index contributed by atoms with van der Waals surface area (Å²) in [6, 6.07) is 21.4. The molecule has 0 saturated carbocycles. The fourth-order valence-electron chi connectivity index (χ4n) is 6.69. The van der Waals surface area contributed by atoms with Crippen LogP contribution >= 0.6 is 0 Å². The van der Waals surface area contributed by atoms with Gasteiger partial charge in [-0.25, -0.2) is 10.0 Å². The van der Waals surface area contributed by atoms with Gasteiger partial charge in [0.15, 0.2) is 11.2 Å². The molecule has 7 rings (SSSR count). The highest BCUT2D eigenvalue weighted by Crippen LogP contribution is 2.37. The maximum absolute atomic E-state index is 6.49. The van der Waals surface area contributed by atoms with Gasteiger partial charge in [-0.1, -0.05) is 24.3 Å². The predicted octanol–water partition coefficient (Wildman–Crippen LogP) is 5.99. The summed E-state index contributed by atoms with van der Waals surface area (Å²) in [6.07, 6.45) is 3.73. The fourth-order valence-corrected chi connectivity index (χ4v) is 6.69. The third kappa shape index (κ3) is 6.17. The van der Waals surface area contributed by atoms with E-state index in [0.717, 1.165) is 86.2 Å². The van der Waals surface area contributed by atoms with Gasteiger partial charge in [0.25, 0.3) is 0 Å². The van der Waals surface area contributed by atoms with Crippen molar-refractivity contribution in [1.29, 1.82) is 0 Å². The molecule has 5 aromatic rings. The molecular formula is C35H43N7O4. The summed E-state index contributed by atoms with van der Waals surface area (Å²) in [7, 11) is 0. The molecule has 2 aromatic heterocycles. The number of nitrogens with two attached hydrogens (primary N) is 1. The zero-order valence-electron chi connectivity index (χ0n) is 26.7. The molecule has 2 saturated heterocycles. The van der Waals surface area contributed by atoms with Crippen molar-refractivity contribution in [3.05, 3.63) is 66.2 Å². The zero-order valence-corrected chi connectivity index (χ0v) is 26.7. The number of hydrogen-bond donors (Lipinski definition) is 2. The van der Waals surface area contributed by atoms with E-state index < -0.39 is 0 Å². The number of oxazole rings is 2. The number of nitrogen functional groups attached to an aromatic ring is 1. The topological polar surface area (TPSA) is 118 Å². The van der Waals surface area contributed by atoms with Gasteiger partial charge in [0.1, 0.15) is 28.2 Å². The third-order valence-electron chi connectivity index (χ3n) is 8.92. The Balaban J connectivity index is 1.20. The van der Waals surface area contributed by atoms with E-state index in [1.807, 2.05) is 74.5 Å². The van der Waals surface area contributed by atoms with Crippen LogP contribution in [0.3, 0.4) is 0 Å². The number of rotatable bonds is 11. The highest BCUT2D eigenvalue weighted by molar-refractivity contribution is 5.76. The van der Waals surface area contributed by atoms with Gasteiger partial charge >= 0.3 is 12.0 Å². The highest BCUT2D eigenvalue weighted by atomic mass is 16.5. The molecule has 2 aliphatic heterocycles. The smallest absolute Gasteiger partial charge is 0.318 e. The first kappa shape index (κ1) is 30.2.